The van der Waals surface area contributed by atoms with Crippen LogP contribution < -0.4 is 0 Å². The zero-order valence-electron chi connectivity index (χ0n) is 36.8. The molecule has 0 saturated carbocycles. The van der Waals surface area contributed by atoms with Crippen LogP contribution in [-0.2, 0) is 5.41 Å². The van der Waals surface area contributed by atoms with E-state index < -0.39 is 0 Å². The van der Waals surface area contributed by atoms with Crippen molar-refractivity contribution < 1.29 is 4.42 Å². The molecular weight excluding hydrogens is 817 g/mol. The summed E-state index contributed by atoms with van der Waals surface area (Å²) in [7, 11) is 0. The van der Waals surface area contributed by atoms with Crippen molar-refractivity contribution in [3.8, 4) is 62.1 Å². The number of rotatable bonds is 5. The lowest BCUT2D eigenvalue weighted by molar-refractivity contribution is 0.662. The Morgan fingerprint density at radius 1 is 0.358 bits per heavy atom. The van der Waals surface area contributed by atoms with E-state index in [1.807, 2.05) is 24.3 Å². The number of nitrogens with zero attached hydrogens (tertiary/aromatic N) is 4. The van der Waals surface area contributed by atoms with Crippen LogP contribution >= 0.6 is 0 Å². The Bertz CT molecular complexity index is 4180. The lowest BCUT2D eigenvalue weighted by atomic mass is 9.81. The van der Waals surface area contributed by atoms with Crippen molar-refractivity contribution in [1.29, 1.82) is 0 Å². The average Bonchev–Trinajstić information content (AvgIpc) is 3.99. The van der Waals surface area contributed by atoms with Crippen LogP contribution in [0.5, 0.6) is 0 Å². The predicted molar refractivity (Wildman–Crippen MR) is 276 cm³/mol. The largest absolute Gasteiger partial charge is 0.456 e. The first-order valence-corrected chi connectivity index (χ1v) is 22.9. The van der Waals surface area contributed by atoms with E-state index in [-0.39, 0.29) is 5.41 Å². The van der Waals surface area contributed by atoms with Gasteiger partial charge in [0.15, 0.2) is 17.5 Å². The van der Waals surface area contributed by atoms with Gasteiger partial charge in [0.25, 0.3) is 0 Å². The zero-order chi connectivity index (χ0) is 44.4. The maximum atomic E-state index is 6.36. The summed E-state index contributed by atoms with van der Waals surface area (Å²) < 4.78 is 8.83. The van der Waals surface area contributed by atoms with Gasteiger partial charge < -0.3 is 8.98 Å². The molecule has 13 aromatic rings. The maximum absolute atomic E-state index is 6.36. The number of furan rings is 1. The molecule has 5 heteroatoms. The molecule has 0 atom stereocenters. The molecule has 10 aromatic carbocycles. The highest BCUT2D eigenvalue weighted by molar-refractivity contribution is 6.14. The van der Waals surface area contributed by atoms with Gasteiger partial charge in [-0.3, -0.25) is 0 Å². The Hall–Kier alpha value is -8.67. The minimum absolute atomic E-state index is 0.180. The molecule has 14 rings (SSSR count). The van der Waals surface area contributed by atoms with E-state index in [1.54, 1.807) is 0 Å². The van der Waals surface area contributed by atoms with Crippen molar-refractivity contribution in [2.45, 2.75) is 19.3 Å². The van der Waals surface area contributed by atoms with Gasteiger partial charge in [0.1, 0.15) is 11.2 Å². The molecule has 0 radical (unpaired) electrons. The second-order valence-electron chi connectivity index (χ2n) is 18.4. The van der Waals surface area contributed by atoms with Crippen molar-refractivity contribution >= 4 is 65.3 Å². The van der Waals surface area contributed by atoms with Crippen LogP contribution in [0.2, 0.25) is 0 Å². The summed E-state index contributed by atoms with van der Waals surface area (Å²) >= 11 is 0. The van der Waals surface area contributed by atoms with Gasteiger partial charge >= 0.3 is 0 Å². The number of aromatic nitrogens is 4. The molecule has 3 aromatic heterocycles. The van der Waals surface area contributed by atoms with Gasteiger partial charge in [-0.05, 0) is 110 Å². The fraction of sp³-hybridized carbons (Fsp3) is 0.0484. The van der Waals surface area contributed by atoms with E-state index in [4.69, 9.17) is 19.4 Å². The molecule has 314 valence electrons. The van der Waals surface area contributed by atoms with Gasteiger partial charge in [0.05, 0.1) is 16.7 Å². The zero-order valence-corrected chi connectivity index (χ0v) is 36.8. The number of fused-ring (bicyclic) bond motifs is 11. The maximum Gasteiger partial charge on any atom is 0.164 e. The lowest BCUT2D eigenvalue weighted by Gasteiger charge is -2.22. The van der Waals surface area contributed by atoms with Crippen molar-refractivity contribution in [3.63, 3.8) is 0 Å². The van der Waals surface area contributed by atoms with Gasteiger partial charge in [0, 0.05) is 49.0 Å². The normalized spacial score (nSPS) is 13.0. The SMILES string of the molecule is CC1(C)c2cc3ccccc3cc2-c2cc3c4ccccc4n(-c4ccc(-c5nc(-c6ccc(-c7ccccc7)cc6)nc(-c6ccc7c(c6)oc6ccccc67)n5)c5ccccc45)c3cc21. The fourth-order valence-electron chi connectivity index (χ4n) is 10.9. The smallest absolute Gasteiger partial charge is 0.164 e. The van der Waals surface area contributed by atoms with E-state index in [0.717, 1.165) is 66.2 Å². The van der Waals surface area contributed by atoms with Crippen LogP contribution in [0.1, 0.15) is 25.0 Å². The van der Waals surface area contributed by atoms with Crippen LogP contribution in [0.25, 0.3) is 127 Å². The third-order valence-corrected chi connectivity index (χ3v) is 14.2. The molecule has 67 heavy (non-hydrogen) atoms. The predicted octanol–water partition coefficient (Wildman–Crippen LogP) is 16.1. The molecule has 5 nitrogen and oxygen atoms in total. The lowest BCUT2D eigenvalue weighted by Crippen LogP contribution is -2.15. The number of hydrogen-bond donors (Lipinski definition) is 0. The minimum Gasteiger partial charge on any atom is -0.456 e. The fourth-order valence-corrected chi connectivity index (χ4v) is 10.9. The molecule has 0 saturated heterocycles. The summed E-state index contributed by atoms with van der Waals surface area (Å²) in [6.07, 6.45) is 0. The summed E-state index contributed by atoms with van der Waals surface area (Å²) in [4.78, 5) is 15.7. The molecule has 0 spiro atoms. The standard InChI is InChI=1S/C62H40N4O/c1-62(2)52-33-41-17-7-6-16-40(41)32-49(52)50-35-51-45-20-10-12-22-54(45)66(56(51)36-53(50)62)55-31-30-48(43-18-8-9-19-44(43)55)61-64-59(39-26-24-38(25-27-39)37-14-4-3-5-15-37)63-60(65-61)42-28-29-47-46-21-11-13-23-57(46)67-58(47)34-42/h3-36H,1-2H3. The van der Waals surface area contributed by atoms with Gasteiger partial charge in [0.2, 0.25) is 0 Å². The molecule has 1 aliphatic carbocycles. The van der Waals surface area contributed by atoms with E-state index in [1.165, 1.54) is 54.8 Å². The number of hydrogen-bond acceptors (Lipinski definition) is 4. The second-order valence-corrected chi connectivity index (χ2v) is 18.4. The minimum atomic E-state index is -0.180. The van der Waals surface area contributed by atoms with Gasteiger partial charge in [-0.1, -0.05) is 159 Å². The van der Waals surface area contributed by atoms with Crippen LogP contribution in [0.3, 0.4) is 0 Å². The van der Waals surface area contributed by atoms with E-state index in [9.17, 15) is 0 Å². The molecule has 0 fully saturated rings. The summed E-state index contributed by atoms with van der Waals surface area (Å²) in [6.45, 7) is 4.75. The molecule has 1 aliphatic rings. The van der Waals surface area contributed by atoms with E-state index >= 15 is 0 Å². The summed E-state index contributed by atoms with van der Waals surface area (Å²) in [5.41, 5.74) is 15.3. The Kier molecular flexibility index (Phi) is 7.97. The summed E-state index contributed by atoms with van der Waals surface area (Å²) in [5, 5.41) is 9.32. The van der Waals surface area contributed by atoms with E-state index in [2.05, 4.69) is 200 Å². The van der Waals surface area contributed by atoms with Crippen LogP contribution in [-0.4, -0.2) is 19.5 Å². The van der Waals surface area contributed by atoms with Crippen molar-refractivity contribution in [2.75, 3.05) is 0 Å². The van der Waals surface area contributed by atoms with Crippen LogP contribution in [0.4, 0.5) is 0 Å². The van der Waals surface area contributed by atoms with Gasteiger partial charge in [-0.2, -0.15) is 0 Å². The Balaban J connectivity index is 0.961. The first-order chi connectivity index (χ1) is 32.9. The molecule has 0 unspecified atom stereocenters. The van der Waals surface area contributed by atoms with Crippen LogP contribution in [0, 0.1) is 0 Å². The second kappa shape index (κ2) is 14.2. The molecular formula is C62H40N4O. The highest BCUT2D eigenvalue weighted by atomic mass is 16.3. The highest BCUT2D eigenvalue weighted by Crippen LogP contribution is 2.52. The molecule has 0 aliphatic heterocycles. The monoisotopic (exact) mass is 856 g/mol. The number of para-hydroxylation sites is 2. The molecule has 0 N–H and O–H groups in total. The van der Waals surface area contributed by atoms with Crippen LogP contribution in [0.15, 0.2) is 211 Å². The topological polar surface area (TPSA) is 56.7 Å². The third-order valence-electron chi connectivity index (χ3n) is 14.2. The van der Waals surface area contributed by atoms with Crippen molar-refractivity contribution in [3.05, 3.63) is 217 Å². The Labute approximate surface area is 386 Å². The van der Waals surface area contributed by atoms with E-state index in [0.29, 0.717) is 17.5 Å². The molecule has 0 bridgehead atoms. The van der Waals surface area contributed by atoms with Gasteiger partial charge in [-0.15, -0.1) is 0 Å². The van der Waals surface area contributed by atoms with Crippen molar-refractivity contribution in [1.82, 2.24) is 19.5 Å². The molecule has 3 heterocycles. The highest BCUT2D eigenvalue weighted by Gasteiger charge is 2.37. The Morgan fingerprint density at radius 3 is 1.76 bits per heavy atom. The first-order valence-electron chi connectivity index (χ1n) is 22.9. The summed E-state index contributed by atoms with van der Waals surface area (Å²) in [5.74, 6) is 1.78. The molecule has 0 amide bonds. The van der Waals surface area contributed by atoms with Crippen molar-refractivity contribution in [2.24, 2.45) is 0 Å². The third kappa shape index (κ3) is 5.71. The quantitative estimate of drug-likeness (QED) is 0.173. The first kappa shape index (κ1) is 37.7. The van der Waals surface area contributed by atoms with Gasteiger partial charge in [-0.25, -0.2) is 15.0 Å². The number of benzene rings is 10. The average molecular weight is 857 g/mol. The summed E-state index contributed by atoms with van der Waals surface area (Å²) in [6, 6.07) is 73.7. The Morgan fingerprint density at radius 2 is 0.940 bits per heavy atom.